The smallest absolute Gasteiger partial charge is 0.307 e. The van der Waals surface area contributed by atoms with Crippen LogP contribution in [-0.4, -0.2) is 29.2 Å². The molecule has 0 unspecified atom stereocenters. The molecule has 1 heterocycles. The number of aliphatic carboxylic acids is 1. The summed E-state index contributed by atoms with van der Waals surface area (Å²) in [6, 6.07) is 11.3. The molecule has 3 rings (SSSR count). The molecule has 2 aromatic carbocycles. The molecule has 0 aliphatic heterocycles. The van der Waals surface area contributed by atoms with Crippen LogP contribution in [0.5, 0.6) is 17.2 Å². The number of carbonyl (C=O) groups is 1. The molecule has 7 heteroatoms. The first-order chi connectivity index (χ1) is 13.5. The molecule has 148 valence electrons. The lowest BCUT2D eigenvalue weighted by atomic mass is 10.1. The largest absolute Gasteiger partial charge is 0.492 e. The number of nitrogens with one attached hydrogen (secondary N) is 2. The first kappa shape index (κ1) is 19.6. The minimum atomic E-state index is -0.889. The van der Waals surface area contributed by atoms with E-state index in [4.69, 9.17) is 19.6 Å². The van der Waals surface area contributed by atoms with Gasteiger partial charge in [-0.15, -0.1) is 0 Å². The van der Waals surface area contributed by atoms with Crippen molar-refractivity contribution in [3.63, 3.8) is 0 Å². The highest BCUT2D eigenvalue weighted by molar-refractivity contribution is 5.87. The Balaban J connectivity index is 1.78. The molecule has 28 heavy (non-hydrogen) atoms. The van der Waals surface area contributed by atoms with Gasteiger partial charge in [0.15, 0.2) is 11.5 Å². The van der Waals surface area contributed by atoms with Crippen molar-refractivity contribution >= 4 is 16.9 Å². The van der Waals surface area contributed by atoms with Gasteiger partial charge in [0.1, 0.15) is 0 Å². The van der Waals surface area contributed by atoms with Crippen LogP contribution in [0.4, 0.5) is 0 Å². The first-order valence-corrected chi connectivity index (χ1v) is 9.03. The van der Waals surface area contributed by atoms with E-state index in [1.807, 2.05) is 18.2 Å². The van der Waals surface area contributed by atoms with Crippen molar-refractivity contribution in [3.05, 3.63) is 53.7 Å². The van der Waals surface area contributed by atoms with Crippen LogP contribution in [-0.2, 0) is 17.8 Å². The van der Waals surface area contributed by atoms with Crippen LogP contribution >= 0.6 is 0 Å². The molecule has 0 amide bonds. The van der Waals surface area contributed by atoms with Gasteiger partial charge in [0.2, 0.25) is 5.75 Å². The summed E-state index contributed by atoms with van der Waals surface area (Å²) >= 11 is 0. The van der Waals surface area contributed by atoms with E-state index >= 15 is 0 Å². The third-order valence-corrected chi connectivity index (χ3v) is 4.27. The Hall–Kier alpha value is -3.19. The molecule has 0 bridgehead atoms. The summed E-state index contributed by atoms with van der Waals surface area (Å²) in [5.41, 5.74) is 2.48. The number of ether oxygens (including phenoxy) is 1. The van der Waals surface area contributed by atoms with E-state index in [2.05, 4.69) is 24.1 Å². The Kier molecular flexibility index (Phi) is 6.06. The van der Waals surface area contributed by atoms with Gasteiger partial charge in [-0.05, 0) is 29.8 Å². The molecular weight excluding hydrogens is 360 g/mol. The van der Waals surface area contributed by atoms with E-state index < -0.39 is 5.97 Å². The average Bonchev–Trinajstić information content (AvgIpc) is 3.06. The highest BCUT2D eigenvalue weighted by Gasteiger charge is 2.13. The van der Waals surface area contributed by atoms with E-state index in [1.54, 1.807) is 31.5 Å². The Morgan fingerprint density at radius 3 is 2.71 bits per heavy atom. The Bertz CT molecular complexity index is 965. The van der Waals surface area contributed by atoms with E-state index in [0.29, 0.717) is 35.4 Å². The number of carboxylic acid groups (broad SMARTS) is 1. The van der Waals surface area contributed by atoms with Gasteiger partial charge in [-0.3, -0.25) is 14.6 Å². The molecular formula is C21H24N2O5. The summed E-state index contributed by atoms with van der Waals surface area (Å²) in [4.78, 5) is 25.1. The molecule has 7 nitrogen and oxygen atoms in total. The maximum Gasteiger partial charge on any atom is 0.307 e. The summed E-state index contributed by atoms with van der Waals surface area (Å²) in [5.74, 6) is 0.641. The second kappa shape index (κ2) is 8.67. The highest BCUT2D eigenvalue weighted by Crippen LogP contribution is 2.32. The molecule has 0 radical (unpaired) electrons. The van der Waals surface area contributed by atoms with Gasteiger partial charge in [0.25, 0.3) is 0 Å². The lowest BCUT2D eigenvalue weighted by molar-refractivity contribution is -0.136. The zero-order chi connectivity index (χ0) is 20.1. The minimum Gasteiger partial charge on any atom is -0.492 e. The zero-order valence-electron chi connectivity index (χ0n) is 16.1. The highest BCUT2D eigenvalue weighted by atomic mass is 17.2. The molecule has 0 aliphatic rings. The number of hydrogen-bond donors (Lipinski definition) is 3. The van der Waals surface area contributed by atoms with Crippen molar-refractivity contribution in [2.24, 2.45) is 0 Å². The maximum absolute atomic E-state index is 11.0. The van der Waals surface area contributed by atoms with E-state index in [0.717, 1.165) is 16.5 Å². The van der Waals surface area contributed by atoms with Crippen LogP contribution in [0.2, 0.25) is 0 Å². The molecule has 0 spiro atoms. The predicted molar refractivity (Wildman–Crippen MR) is 106 cm³/mol. The lowest BCUT2D eigenvalue weighted by Crippen LogP contribution is -2.22. The number of methoxy groups -OCH3 is 1. The van der Waals surface area contributed by atoms with Gasteiger partial charge in [-0.1, -0.05) is 26.0 Å². The van der Waals surface area contributed by atoms with Crippen molar-refractivity contribution in [2.45, 2.75) is 32.9 Å². The van der Waals surface area contributed by atoms with Crippen molar-refractivity contribution in [1.82, 2.24) is 10.3 Å². The quantitative estimate of drug-likeness (QED) is 0.385. The molecule has 0 atom stereocenters. The lowest BCUT2D eigenvalue weighted by Gasteiger charge is -2.15. The zero-order valence-corrected chi connectivity index (χ0v) is 16.1. The number of aromatic amines is 1. The van der Waals surface area contributed by atoms with Gasteiger partial charge in [0, 0.05) is 35.2 Å². The van der Waals surface area contributed by atoms with Crippen LogP contribution in [0.1, 0.15) is 25.0 Å². The maximum atomic E-state index is 11.0. The summed E-state index contributed by atoms with van der Waals surface area (Å²) in [6.45, 7) is 4.79. The summed E-state index contributed by atoms with van der Waals surface area (Å²) in [6.07, 6.45) is 1.63. The number of benzene rings is 2. The van der Waals surface area contributed by atoms with Gasteiger partial charge < -0.3 is 20.1 Å². The fourth-order valence-corrected chi connectivity index (χ4v) is 2.92. The monoisotopic (exact) mass is 384 g/mol. The number of aromatic nitrogens is 1. The predicted octanol–water partition coefficient (Wildman–Crippen LogP) is 3.67. The van der Waals surface area contributed by atoms with Crippen molar-refractivity contribution in [2.75, 3.05) is 7.11 Å². The van der Waals surface area contributed by atoms with E-state index in [1.165, 1.54) is 0 Å². The SMILES string of the molecule is COc1c(CNC(C)C)cccc1OOc1ccc2[nH]cc(CC(=O)O)c2c1. The molecule has 3 aromatic rings. The fraction of sp³-hybridized carbons (Fsp3) is 0.286. The molecule has 0 saturated carbocycles. The molecule has 0 saturated heterocycles. The van der Waals surface area contributed by atoms with Gasteiger partial charge >= 0.3 is 5.97 Å². The molecule has 0 aliphatic carbocycles. The normalized spacial score (nSPS) is 11.0. The van der Waals surface area contributed by atoms with E-state index in [9.17, 15) is 4.79 Å². The minimum absolute atomic E-state index is 0.0664. The molecule has 1 aromatic heterocycles. The molecule has 0 fully saturated rings. The third-order valence-electron chi connectivity index (χ3n) is 4.27. The van der Waals surface area contributed by atoms with Crippen LogP contribution in [0.15, 0.2) is 42.6 Å². The Labute approximate surface area is 163 Å². The number of H-pyrrole nitrogens is 1. The van der Waals surface area contributed by atoms with Crippen molar-refractivity contribution < 1.29 is 24.4 Å². The topological polar surface area (TPSA) is 92.8 Å². The average molecular weight is 384 g/mol. The van der Waals surface area contributed by atoms with Crippen LogP contribution in [0, 0.1) is 0 Å². The molecule has 3 N–H and O–H groups in total. The summed E-state index contributed by atoms with van der Waals surface area (Å²) < 4.78 is 5.50. The summed E-state index contributed by atoms with van der Waals surface area (Å²) in [5, 5.41) is 13.2. The van der Waals surface area contributed by atoms with Crippen LogP contribution < -0.4 is 19.8 Å². The third kappa shape index (κ3) is 4.55. The van der Waals surface area contributed by atoms with Crippen LogP contribution in [0.3, 0.4) is 0 Å². The van der Waals surface area contributed by atoms with Crippen LogP contribution in [0.25, 0.3) is 10.9 Å². The first-order valence-electron chi connectivity index (χ1n) is 9.03. The number of fused-ring (bicyclic) bond motifs is 1. The summed E-state index contributed by atoms with van der Waals surface area (Å²) in [7, 11) is 1.59. The van der Waals surface area contributed by atoms with Gasteiger partial charge in [-0.25, -0.2) is 0 Å². The number of carboxylic acids is 1. The van der Waals surface area contributed by atoms with E-state index in [-0.39, 0.29) is 6.42 Å². The fourth-order valence-electron chi connectivity index (χ4n) is 2.92. The van der Waals surface area contributed by atoms with Crippen molar-refractivity contribution in [3.8, 4) is 17.2 Å². The Morgan fingerprint density at radius 2 is 2.00 bits per heavy atom. The second-order valence-electron chi connectivity index (χ2n) is 6.74. The van der Waals surface area contributed by atoms with Gasteiger partial charge in [-0.2, -0.15) is 0 Å². The second-order valence-corrected chi connectivity index (χ2v) is 6.74. The number of rotatable bonds is 9. The standard InChI is InChI=1S/C21H24N2O5/c1-13(2)22-11-14-5-4-6-19(21(14)26-3)28-27-16-7-8-18-17(10-16)15(12-23-18)9-20(24)25/h4-8,10,12-13,22-23H,9,11H2,1-3H3,(H,24,25). The van der Waals surface area contributed by atoms with Crippen molar-refractivity contribution in [1.29, 1.82) is 0 Å². The number of para-hydroxylation sites is 1. The number of hydrogen-bond acceptors (Lipinski definition) is 5. The Morgan fingerprint density at radius 1 is 1.18 bits per heavy atom. The van der Waals surface area contributed by atoms with Gasteiger partial charge in [0.05, 0.1) is 13.5 Å².